The van der Waals surface area contributed by atoms with E-state index in [1.54, 1.807) is 12.1 Å². The first-order valence-corrected chi connectivity index (χ1v) is 10.0. The molecule has 2 atom stereocenters. The summed E-state index contributed by atoms with van der Waals surface area (Å²) in [5.41, 5.74) is 0. The van der Waals surface area contributed by atoms with Gasteiger partial charge in [-0.2, -0.15) is 4.31 Å². The van der Waals surface area contributed by atoms with Crippen molar-refractivity contribution >= 4 is 27.3 Å². The van der Waals surface area contributed by atoms with Gasteiger partial charge in [0.05, 0.1) is 0 Å². The zero-order valence-corrected chi connectivity index (χ0v) is 14.5. The van der Waals surface area contributed by atoms with Crippen molar-refractivity contribution < 1.29 is 13.2 Å². The summed E-state index contributed by atoms with van der Waals surface area (Å²) in [5, 5.41) is 3.00. The Balaban J connectivity index is 1.76. The van der Waals surface area contributed by atoms with Crippen molar-refractivity contribution in [2.24, 2.45) is 5.92 Å². The van der Waals surface area contributed by atoms with Crippen LogP contribution in [0.15, 0.2) is 16.3 Å². The van der Waals surface area contributed by atoms with Crippen LogP contribution in [0.5, 0.6) is 0 Å². The molecule has 2 fully saturated rings. The van der Waals surface area contributed by atoms with Crippen LogP contribution in [0, 0.1) is 12.8 Å². The summed E-state index contributed by atoms with van der Waals surface area (Å²) >= 11 is 1.26. The van der Waals surface area contributed by atoms with Crippen LogP contribution in [0.2, 0.25) is 0 Å². The van der Waals surface area contributed by atoms with Crippen LogP contribution in [0.4, 0.5) is 0 Å². The standard InChI is InChI=1S/C15H22N2O3S2/c1-10-5-8-14(21-10)22(19,20)17-9-3-4-13(17)15(18)16-11(2)12-6-7-12/h5,8,11-13H,3-4,6-7,9H2,1-2H3,(H,16,18). The number of nitrogens with zero attached hydrogens (tertiary/aromatic N) is 1. The first-order valence-electron chi connectivity index (χ1n) is 7.78. The molecule has 2 heterocycles. The van der Waals surface area contributed by atoms with Crippen molar-refractivity contribution in [3.63, 3.8) is 0 Å². The Morgan fingerprint density at radius 1 is 1.36 bits per heavy atom. The Bertz CT molecular complexity index is 664. The second kappa shape index (κ2) is 5.94. The van der Waals surface area contributed by atoms with Gasteiger partial charge >= 0.3 is 0 Å². The molecule has 1 saturated heterocycles. The number of aryl methyl sites for hydroxylation is 1. The van der Waals surface area contributed by atoms with Crippen LogP contribution in [-0.2, 0) is 14.8 Å². The van der Waals surface area contributed by atoms with Gasteiger partial charge in [0, 0.05) is 17.5 Å². The third kappa shape index (κ3) is 3.07. The quantitative estimate of drug-likeness (QED) is 0.891. The normalized spacial score (nSPS) is 24.4. The number of sulfonamides is 1. The van der Waals surface area contributed by atoms with E-state index in [0.29, 0.717) is 23.1 Å². The maximum atomic E-state index is 12.8. The smallest absolute Gasteiger partial charge is 0.253 e. The van der Waals surface area contributed by atoms with Gasteiger partial charge in [-0.3, -0.25) is 4.79 Å². The topological polar surface area (TPSA) is 66.5 Å². The lowest BCUT2D eigenvalue weighted by Gasteiger charge is -2.24. The summed E-state index contributed by atoms with van der Waals surface area (Å²) in [4.78, 5) is 13.4. The summed E-state index contributed by atoms with van der Waals surface area (Å²) in [6, 6.07) is 3.02. The zero-order chi connectivity index (χ0) is 15.9. The Hall–Kier alpha value is -0.920. The van der Waals surface area contributed by atoms with Crippen molar-refractivity contribution in [2.45, 2.75) is 55.8 Å². The van der Waals surface area contributed by atoms with Gasteiger partial charge in [0.25, 0.3) is 10.0 Å². The van der Waals surface area contributed by atoms with Gasteiger partial charge in [0.2, 0.25) is 5.91 Å². The van der Waals surface area contributed by atoms with Crippen LogP contribution >= 0.6 is 11.3 Å². The lowest BCUT2D eigenvalue weighted by atomic mass is 10.1. The Labute approximate surface area is 135 Å². The second-order valence-corrected chi connectivity index (χ2v) is 9.68. The van der Waals surface area contributed by atoms with Crippen LogP contribution in [-0.4, -0.2) is 37.3 Å². The van der Waals surface area contributed by atoms with E-state index in [2.05, 4.69) is 5.32 Å². The van der Waals surface area contributed by atoms with Gasteiger partial charge in [-0.15, -0.1) is 11.3 Å². The molecule has 3 rings (SSSR count). The van der Waals surface area contributed by atoms with E-state index < -0.39 is 16.1 Å². The molecule has 1 aromatic rings. The van der Waals surface area contributed by atoms with Gasteiger partial charge in [0.1, 0.15) is 10.3 Å². The van der Waals surface area contributed by atoms with E-state index in [1.807, 2.05) is 13.8 Å². The fourth-order valence-electron chi connectivity index (χ4n) is 2.99. The predicted octanol–water partition coefficient (Wildman–Crippen LogP) is 2.12. The number of rotatable bonds is 5. The highest BCUT2D eigenvalue weighted by atomic mass is 32.2. The first-order chi connectivity index (χ1) is 10.4. The fraction of sp³-hybridized carbons (Fsp3) is 0.667. The highest BCUT2D eigenvalue weighted by molar-refractivity contribution is 7.91. The van der Waals surface area contributed by atoms with E-state index in [9.17, 15) is 13.2 Å². The van der Waals surface area contributed by atoms with Crippen molar-refractivity contribution in [2.75, 3.05) is 6.54 Å². The molecule has 0 spiro atoms. The summed E-state index contributed by atoms with van der Waals surface area (Å²) in [6.45, 7) is 4.32. The monoisotopic (exact) mass is 342 g/mol. The highest BCUT2D eigenvalue weighted by Gasteiger charge is 2.41. The van der Waals surface area contributed by atoms with Gasteiger partial charge < -0.3 is 5.32 Å². The van der Waals surface area contributed by atoms with Crippen LogP contribution in [0.25, 0.3) is 0 Å². The number of nitrogens with one attached hydrogen (secondary N) is 1. The fourth-order valence-corrected chi connectivity index (χ4v) is 6.06. The number of carbonyl (C=O) groups excluding carboxylic acids is 1. The molecule has 2 aliphatic rings. The van der Waals surface area contributed by atoms with E-state index in [-0.39, 0.29) is 11.9 Å². The zero-order valence-electron chi connectivity index (χ0n) is 12.9. The van der Waals surface area contributed by atoms with Gasteiger partial charge in [-0.1, -0.05) is 0 Å². The van der Waals surface area contributed by atoms with Crippen molar-refractivity contribution in [1.29, 1.82) is 0 Å². The maximum Gasteiger partial charge on any atom is 0.253 e. The molecule has 22 heavy (non-hydrogen) atoms. The third-order valence-corrected chi connectivity index (χ3v) is 7.86. The van der Waals surface area contributed by atoms with Crippen LogP contribution < -0.4 is 5.32 Å². The molecule has 1 N–H and O–H groups in total. The second-order valence-electron chi connectivity index (χ2n) is 6.27. The number of amides is 1. The summed E-state index contributed by atoms with van der Waals surface area (Å²) in [7, 11) is -3.56. The van der Waals surface area contributed by atoms with Crippen LogP contribution in [0.1, 0.15) is 37.5 Å². The minimum Gasteiger partial charge on any atom is -0.352 e. The lowest BCUT2D eigenvalue weighted by molar-refractivity contribution is -0.124. The van der Waals surface area contributed by atoms with Crippen LogP contribution in [0.3, 0.4) is 0 Å². The number of thiophene rings is 1. The van der Waals surface area contributed by atoms with Crippen molar-refractivity contribution in [3.8, 4) is 0 Å². The molecule has 0 aromatic carbocycles. The molecule has 1 saturated carbocycles. The van der Waals surface area contributed by atoms with E-state index in [4.69, 9.17) is 0 Å². The molecule has 1 amide bonds. The number of carbonyl (C=O) groups is 1. The predicted molar refractivity (Wildman–Crippen MR) is 86.3 cm³/mol. The highest BCUT2D eigenvalue weighted by Crippen LogP contribution is 2.33. The first kappa shape index (κ1) is 16.0. The minimum atomic E-state index is -3.56. The molecular formula is C15H22N2O3S2. The van der Waals surface area contributed by atoms with E-state index >= 15 is 0 Å². The maximum absolute atomic E-state index is 12.8. The Kier molecular flexibility index (Phi) is 4.31. The molecule has 1 aromatic heterocycles. The SMILES string of the molecule is Cc1ccc(S(=O)(=O)N2CCCC2C(=O)NC(C)C2CC2)s1. The van der Waals surface area contributed by atoms with Gasteiger partial charge in [0.15, 0.2) is 0 Å². The van der Waals surface area contributed by atoms with E-state index in [1.165, 1.54) is 15.6 Å². The summed E-state index contributed by atoms with van der Waals surface area (Å²) in [6.07, 6.45) is 3.65. The number of hydrogen-bond donors (Lipinski definition) is 1. The Morgan fingerprint density at radius 3 is 2.68 bits per heavy atom. The molecular weight excluding hydrogens is 320 g/mol. The van der Waals surface area contributed by atoms with Gasteiger partial charge in [-0.25, -0.2) is 8.42 Å². The molecule has 0 bridgehead atoms. The number of hydrogen-bond acceptors (Lipinski definition) is 4. The lowest BCUT2D eigenvalue weighted by Crippen LogP contribution is -2.48. The average Bonchev–Trinajstić information content (AvgIpc) is 3.01. The molecule has 0 radical (unpaired) electrons. The molecule has 122 valence electrons. The Morgan fingerprint density at radius 2 is 2.09 bits per heavy atom. The van der Waals surface area contributed by atoms with Crippen molar-refractivity contribution in [1.82, 2.24) is 9.62 Å². The summed E-state index contributed by atoms with van der Waals surface area (Å²) < 4.78 is 27.2. The molecule has 1 aliphatic carbocycles. The minimum absolute atomic E-state index is 0.140. The largest absolute Gasteiger partial charge is 0.352 e. The molecule has 5 nitrogen and oxygen atoms in total. The van der Waals surface area contributed by atoms with E-state index in [0.717, 1.165) is 24.1 Å². The average molecular weight is 342 g/mol. The molecule has 2 unspecified atom stereocenters. The molecule has 7 heteroatoms. The molecule has 1 aliphatic heterocycles. The third-order valence-electron chi connectivity index (χ3n) is 4.48. The van der Waals surface area contributed by atoms with Gasteiger partial charge in [-0.05, 0) is 57.6 Å². The van der Waals surface area contributed by atoms with Crippen molar-refractivity contribution in [3.05, 3.63) is 17.0 Å². The summed E-state index contributed by atoms with van der Waals surface area (Å²) in [5.74, 6) is 0.420.